The van der Waals surface area contributed by atoms with Crippen LogP contribution in [-0.2, 0) is 6.18 Å². The third-order valence-corrected chi connectivity index (χ3v) is 4.14. The Balaban J connectivity index is 2.02. The molecule has 1 aromatic rings. The van der Waals surface area contributed by atoms with Crippen molar-refractivity contribution in [2.75, 3.05) is 31.1 Å². The zero-order valence-electron chi connectivity index (χ0n) is 11.4. The number of aliphatic hydroxyl groups is 1. The molecular formula is C12H18F3N3OS. The topological polar surface area (TPSA) is 39.6 Å². The molecule has 0 amide bonds. The van der Waals surface area contributed by atoms with Crippen LogP contribution >= 0.6 is 11.3 Å². The molecule has 0 radical (unpaired) electrons. The standard InChI is InChI=1S/C12H18F3N3OS/c1-8-5-17(6-9(2)19)3-4-18(8)11-16-10(7-20-11)12(13,14)15/h7-9,19H,3-6H2,1-2H3. The maximum atomic E-state index is 12.6. The summed E-state index contributed by atoms with van der Waals surface area (Å²) in [6.07, 6.45) is -4.78. The second-order valence-corrected chi connectivity index (χ2v) is 6.00. The summed E-state index contributed by atoms with van der Waals surface area (Å²) in [6.45, 7) is 6.33. The van der Waals surface area contributed by atoms with Gasteiger partial charge in [-0.15, -0.1) is 11.3 Å². The first-order valence-corrected chi connectivity index (χ1v) is 7.35. The number of anilines is 1. The molecule has 114 valence electrons. The van der Waals surface area contributed by atoms with Gasteiger partial charge in [-0.3, -0.25) is 4.90 Å². The molecule has 0 aliphatic carbocycles. The number of aliphatic hydroxyl groups excluding tert-OH is 1. The molecule has 1 saturated heterocycles. The smallest absolute Gasteiger partial charge is 0.392 e. The third kappa shape index (κ3) is 3.62. The van der Waals surface area contributed by atoms with Crippen LogP contribution in [0, 0.1) is 0 Å². The highest BCUT2D eigenvalue weighted by molar-refractivity contribution is 7.13. The fourth-order valence-corrected chi connectivity index (χ4v) is 3.34. The highest BCUT2D eigenvalue weighted by Crippen LogP contribution is 2.34. The molecule has 2 unspecified atom stereocenters. The summed E-state index contributed by atoms with van der Waals surface area (Å²) in [5.41, 5.74) is -0.823. The molecule has 0 spiro atoms. The third-order valence-electron chi connectivity index (χ3n) is 3.26. The van der Waals surface area contributed by atoms with Crippen molar-refractivity contribution >= 4 is 16.5 Å². The van der Waals surface area contributed by atoms with Crippen molar-refractivity contribution in [3.63, 3.8) is 0 Å². The summed E-state index contributed by atoms with van der Waals surface area (Å²) in [4.78, 5) is 7.71. The predicted molar refractivity (Wildman–Crippen MR) is 72.0 cm³/mol. The van der Waals surface area contributed by atoms with Crippen LogP contribution < -0.4 is 4.90 Å². The number of aromatic nitrogens is 1. The van der Waals surface area contributed by atoms with E-state index in [9.17, 15) is 18.3 Å². The van der Waals surface area contributed by atoms with E-state index in [0.717, 1.165) is 23.3 Å². The Morgan fingerprint density at radius 1 is 1.50 bits per heavy atom. The van der Waals surface area contributed by atoms with Gasteiger partial charge in [-0.25, -0.2) is 4.98 Å². The SMILES string of the molecule is CC(O)CN1CCN(c2nc(C(F)(F)F)cs2)C(C)C1. The summed E-state index contributed by atoms with van der Waals surface area (Å²) >= 11 is 1.03. The lowest BCUT2D eigenvalue weighted by atomic mass is 10.2. The number of halogens is 3. The predicted octanol–water partition coefficient (Wildman–Crippen LogP) is 2.05. The molecule has 1 aliphatic heterocycles. The zero-order valence-corrected chi connectivity index (χ0v) is 12.2. The van der Waals surface area contributed by atoms with Crippen molar-refractivity contribution in [3.05, 3.63) is 11.1 Å². The Hall–Kier alpha value is -0.860. The molecule has 0 aromatic carbocycles. The monoisotopic (exact) mass is 309 g/mol. The molecule has 1 aliphatic rings. The quantitative estimate of drug-likeness (QED) is 0.928. The van der Waals surface area contributed by atoms with Crippen molar-refractivity contribution in [1.82, 2.24) is 9.88 Å². The molecular weight excluding hydrogens is 291 g/mol. The van der Waals surface area contributed by atoms with Crippen LogP contribution in [0.5, 0.6) is 0 Å². The number of thiazole rings is 1. The van der Waals surface area contributed by atoms with Crippen molar-refractivity contribution in [2.24, 2.45) is 0 Å². The number of alkyl halides is 3. The second kappa shape index (κ2) is 5.87. The van der Waals surface area contributed by atoms with Gasteiger partial charge < -0.3 is 10.0 Å². The van der Waals surface area contributed by atoms with Gasteiger partial charge in [-0.1, -0.05) is 0 Å². The molecule has 1 aromatic heterocycles. The van der Waals surface area contributed by atoms with E-state index in [-0.39, 0.29) is 6.04 Å². The van der Waals surface area contributed by atoms with Crippen molar-refractivity contribution < 1.29 is 18.3 Å². The molecule has 0 bridgehead atoms. The van der Waals surface area contributed by atoms with Crippen LogP contribution in [0.1, 0.15) is 19.5 Å². The number of nitrogens with zero attached hydrogens (tertiary/aromatic N) is 3. The summed E-state index contributed by atoms with van der Waals surface area (Å²) in [7, 11) is 0. The Kier molecular flexibility index (Phi) is 4.55. The molecule has 1 fully saturated rings. The van der Waals surface area contributed by atoms with Crippen LogP contribution in [0.4, 0.5) is 18.3 Å². The van der Waals surface area contributed by atoms with Crippen LogP contribution in [0.3, 0.4) is 0 Å². The lowest BCUT2D eigenvalue weighted by Crippen LogP contribution is -2.53. The van der Waals surface area contributed by atoms with Gasteiger partial charge in [-0.2, -0.15) is 13.2 Å². The van der Waals surface area contributed by atoms with E-state index >= 15 is 0 Å². The first kappa shape index (κ1) is 15.5. The minimum atomic E-state index is -4.38. The van der Waals surface area contributed by atoms with Gasteiger partial charge >= 0.3 is 6.18 Å². The molecule has 8 heteroatoms. The molecule has 0 saturated carbocycles. The number of hydrogen-bond acceptors (Lipinski definition) is 5. The summed E-state index contributed by atoms with van der Waals surface area (Å²) < 4.78 is 37.7. The Morgan fingerprint density at radius 3 is 2.70 bits per heavy atom. The van der Waals surface area contributed by atoms with Crippen LogP contribution in [-0.4, -0.2) is 53.3 Å². The van der Waals surface area contributed by atoms with Gasteiger partial charge in [-0.05, 0) is 13.8 Å². The normalized spacial score (nSPS) is 23.1. The molecule has 4 nitrogen and oxygen atoms in total. The largest absolute Gasteiger partial charge is 0.434 e. The Morgan fingerprint density at radius 2 is 2.20 bits per heavy atom. The van der Waals surface area contributed by atoms with Gasteiger partial charge in [0, 0.05) is 37.6 Å². The number of β-amino-alcohol motifs (C(OH)–C–C–N with tert-alkyl or cyclic N) is 1. The first-order valence-electron chi connectivity index (χ1n) is 6.47. The van der Waals surface area contributed by atoms with Crippen LogP contribution in [0.25, 0.3) is 0 Å². The molecule has 1 N–H and O–H groups in total. The summed E-state index contributed by atoms with van der Waals surface area (Å²) in [5, 5.41) is 10.9. The van der Waals surface area contributed by atoms with E-state index in [1.807, 2.05) is 11.8 Å². The van der Waals surface area contributed by atoms with E-state index in [1.54, 1.807) is 6.92 Å². The van der Waals surface area contributed by atoms with Crippen molar-refractivity contribution in [3.8, 4) is 0 Å². The van der Waals surface area contributed by atoms with E-state index in [1.165, 1.54) is 0 Å². The first-order chi connectivity index (χ1) is 9.27. The minimum absolute atomic E-state index is 0.0785. The maximum Gasteiger partial charge on any atom is 0.434 e. The van der Waals surface area contributed by atoms with Crippen molar-refractivity contribution in [2.45, 2.75) is 32.2 Å². The molecule has 2 rings (SSSR count). The van der Waals surface area contributed by atoms with Crippen molar-refractivity contribution in [1.29, 1.82) is 0 Å². The van der Waals surface area contributed by atoms with Gasteiger partial charge in [0.05, 0.1) is 6.10 Å². The fraction of sp³-hybridized carbons (Fsp3) is 0.750. The van der Waals surface area contributed by atoms with E-state index in [2.05, 4.69) is 9.88 Å². The van der Waals surface area contributed by atoms with E-state index in [0.29, 0.717) is 24.8 Å². The lowest BCUT2D eigenvalue weighted by molar-refractivity contribution is -0.140. The Labute approximate surface area is 119 Å². The van der Waals surface area contributed by atoms with Crippen LogP contribution in [0.15, 0.2) is 5.38 Å². The summed E-state index contributed by atoms with van der Waals surface area (Å²) in [5.74, 6) is 0. The second-order valence-electron chi connectivity index (χ2n) is 5.16. The summed E-state index contributed by atoms with van der Waals surface area (Å²) in [6, 6.07) is 0.0785. The number of piperazine rings is 1. The minimum Gasteiger partial charge on any atom is -0.392 e. The van der Waals surface area contributed by atoms with Gasteiger partial charge in [0.15, 0.2) is 10.8 Å². The highest BCUT2D eigenvalue weighted by atomic mass is 32.1. The Bertz CT molecular complexity index is 449. The van der Waals surface area contributed by atoms with E-state index in [4.69, 9.17) is 0 Å². The molecule has 2 atom stereocenters. The average Bonchev–Trinajstić information content (AvgIpc) is 2.77. The average molecular weight is 309 g/mol. The lowest BCUT2D eigenvalue weighted by Gasteiger charge is -2.40. The number of hydrogen-bond donors (Lipinski definition) is 1. The van der Waals surface area contributed by atoms with E-state index < -0.39 is 18.0 Å². The van der Waals surface area contributed by atoms with Crippen LogP contribution in [0.2, 0.25) is 0 Å². The van der Waals surface area contributed by atoms with Gasteiger partial charge in [0.1, 0.15) is 0 Å². The van der Waals surface area contributed by atoms with Gasteiger partial charge in [0.25, 0.3) is 0 Å². The molecule has 2 heterocycles. The molecule has 20 heavy (non-hydrogen) atoms. The number of rotatable bonds is 3. The zero-order chi connectivity index (χ0) is 14.9. The maximum absolute atomic E-state index is 12.6. The van der Waals surface area contributed by atoms with Gasteiger partial charge in [0.2, 0.25) is 0 Å². The fourth-order valence-electron chi connectivity index (χ4n) is 2.38. The highest BCUT2D eigenvalue weighted by Gasteiger charge is 2.35.